The van der Waals surface area contributed by atoms with Gasteiger partial charge in [-0.25, -0.2) is 0 Å². The van der Waals surface area contributed by atoms with Gasteiger partial charge in [-0.3, -0.25) is 8.37 Å². The molecule has 0 heterocycles. The molecule has 102 valence electrons. The standard InChI is InChI=1S/C9H18O6S2/c1-3-16(10,11)14-8-5-6-9(7-8)15-17(12,13)4-2/h8-9H,3-7H2,1-2H3. The molecule has 1 fully saturated rings. The zero-order chi connectivity index (χ0) is 13.1. The molecule has 1 aliphatic carbocycles. The van der Waals surface area contributed by atoms with Gasteiger partial charge in [0, 0.05) is 6.42 Å². The maximum atomic E-state index is 11.2. The number of hydrogen-bond acceptors (Lipinski definition) is 6. The van der Waals surface area contributed by atoms with Gasteiger partial charge < -0.3 is 0 Å². The molecule has 17 heavy (non-hydrogen) atoms. The molecule has 0 aliphatic heterocycles. The van der Waals surface area contributed by atoms with Crippen molar-refractivity contribution in [2.24, 2.45) is 0 Å². The Hall–Kier alpha value is -0.180. The Morgan fingerprint density at radius 2 is 1.24 bits per heavy atom. The fourth-order valence-electron chi connectivity index (χ4n) is 1.63. The van der Waals surface area contributed by atoms with Crippen molar-refractivity contribution in [1.82, 2.24) is 0 Å². The lowest BCUT2D eigenvalue weighted by molar-refractivity contribution is 0.175. The first kappa shape index (κ1) is 14.9. The van der Waals surface area contributed by atoms with Crippen LogP contribution < -0.4 is 0 Å². The fraction of sp³-hybridized carbons (Fsp3) is 1.00. The highest BCUT2D eigenvalue weighted by Crippen LogP contribution is 2.27. The highest BCUT2D eigenvalue weighted by Gasteiger charge is 2.31. The van der Waals surface area contributed by atoms with E-state index in [1.807, 2.05) is 0 Å². The zero-order valence-electron chi connectivity index (χ0n) is 9.96. The van der Waals surface area contributed by atoms with E-state index in [4.69, 9.17) is 8.37 Å². The first-order chi connectivity index (χ1) is 7.78. The summed E-state index contributed by atoms with van der Waals surface area (Å²) < 4.78 is 54.7. The smallest absolute Gasteiger partial charge is 0.267 e. The van der Waals surface area contributed by atoms with Gasteiger partial charge >= 0.3 is 0 Å². The van der Waals surface area contributed by atoms with Gasteiger partial charge in [-0.05, 0) is 26.7 Å². The van der Waals surface area contributed by atoms with Crippen LogP contribution in [0.2, 0.25) is 0 Å². The van der Waals surface area contributed by atoms with Crippen LogP contribution in [0.3, 0.4) is 0 Å². The van der Waals surface area contributed by atoms with E-state index in [1.54, 1.807) is 0 Å². The first-order valence-corrected chi connectivity index (χ1v) is 8.75. The van der Waals surface area contributed by atoms with E-state index < -0.39 is 32.4 Å². The molecule has 1 rings (SSSR count). The van der Waals surface area contributed by atoms with Crippen molar-refractivity contribution in [1.29, 1.82) is 0 Å². The second-order valence-corrected chi connectivity index (χ2v) is 7.71. The van der Waals surface area contributed by atoms with Crippen molar-refractivity contribution in [2.45, 2.75) is 45.3 Å². The summed E-state index contributed by atoms with van der Waals surface area (Å²) >= 11 is 0. The minimum atomic E-state index is -3.48. The Morgan fingerprint density at radius 1 is 0.882 bits per heavy atom. The van der Waals surface area contributed by atoms with Crippen LogP contribution in [0.4, 0.5) is 0 Å². The van der Waals surface area contributed by atoms with E-state index in [1.165, 1.54) is 13.8 Å². The molecule has 0 N–H and O–H groups in total. The highest BCUT2D eigenvalue weighted by atomic mass is 32.2. The lowest BCUT2D eigenvalue weighted by Gasteiger charge is -2.12. The third-order valence-corrected chi connectivity index (χ3v) is 5.15. The normalized spacial score (nSPS) is 26.2. The molecule has 6 nitrogen and oxygen atoms in total. The highest BCUT2D eigenvalue weighted by molar-refractivity contribution is 7.86. The van der Waals surface area contributed by atoms with Gasteiger partial charge in [0.25, 0.3) is 20.2 Å². The van der Waals surface area contributed by atoms with E-state index in [9.17, 15) is 16.8 Å². The maximum absolute atomic E-state index is 11.2. The molecular formula is C9H18O6S2. The molecule has 2 unspecified atom stereocenters. The monoisotopic (exact) mass is 286 g/mol. The SMILES string of the molecule is CCS(=O)(=O)OC1CCC(OS(=O)(=O)CC)C1. The van der Waals surface area contributed by atoms with Gasteiger partial charge in [-0.1, -0.05) is 0 Å². The zero-order valence-corrected chi connectivity index (χ0v) is 11.6. The summed E-state index contributed by atoms with van der Waals surface area (Å²) in [6, 6.07) is 0. The minimum Gasteiger partial charge on any atom is -0.267 e. The minimum absolute atomic E-state index is 0.0811. The van der Waals surface area contributed by atoms with Crippen LogP contribution in [0, 0.1) is 0 Å². The largest absolute Gasteiger partial charge is 0.267 e. The van der Waals surface area contributed by atoms with Gasteiger partial charge in [0.1, 0.15) is 0 Å². The summed E-state index contributed by atoms with van der Waals surface area (Å²) in [7, 11) is -6.96. The summed E-state index contributed by atoms with van der Waals surface area (Å²) in [6.45, 7) is 3.00. The molecule has 1 aliphatic rings. The van der Waals surface area contributed by atoms with E-state index in [0.29, 0.717) is 19.3 Å². The second-order valence-electron chi connectivity index (χ2n) is 3.94. The van der Waals surface area contributed by atoms with E-state index >= 15 is 0 Å². The summed E-state index contributed by atoms with van der Waals surface area (Å²) in [6.07, 6.45) is 0.388. The second kappa shape index (κ2) is 5.64. The van der Waals surface area contributed by atoms with Crippen LogP contribution in [-0.2, 0) is 28.6 Å². The van der Waals surface area contributed by atoms with Gasteiger partial charge in [0.15, 0.2) is 0 Å². The Labute approximate surface area is 103 Å². The number of hydrogen-bond donors (Lipinski definition) is 0. The molecule has 0 spiro atoms. The van der Waals surface area contributed by atoms with Crippen LogP contribution in [0.1, 0.15) is 33.1 Å². The molecule has 2 atom stereocenters. The van der Waals surface area contributed by atoms with Crippen molar-refractivity contribution in [3.05, 3.63) is 0 Å². The van der Waals surface area contributed by atoms with Gasteiger partial charge in [-0.15, -0.1) is 0 Å². The molecule has 0 amide bonds. The van der Waals surface area contributed by atoms with Crippen molar-refractivity contribution < 1.29 is 25.2 Å². The lowest BCUT2D eigenvalue weighted by atomic mass is 10.3. The van der Waals surface area contributed by atoms with Crippen LogP contribution >= 0.6 is 0 Å². The van der Waals surface area contributed by atoms with Crippen LogP contribution in [0.25, 0.3) is 0 Å². The number of rotatable bonds is 6. The van der Waals surface area contributed by atoms with E-state index in [-0.39, 0.29) is 11.5 Å². The lowest BCUT2D eigenvalue weighted by Crippen LogP contribution is -2.21. The van der Waals surface area contributed by atoms with E-state index in [2.05, 4.69) is 0 Å². The molecule has 0 aromatic heterocycles. The summed E-state index contributed by atoms with van der Waals surface area (Å²) in [5, 5.41) is 0. The third kappa shape index (κ3) is 4.90. The quantitative estimate of drug-likeness (QED) is 0.666. The molecule has 0 saturated heterocycles. The van der Waals surface area contributed by atoms with E-state index in [0.717, 1.165) is 0 Å². The van der Waals surface area contributed by atoms with Gasteiger partial charge in [0.2, 0.25) is 0 Å². The third-order valence-electron chi connectivity index (χ3n) is 2.61. The van der Waals surface area contributed by atoms with Crippen molar-refractivity contribution in [3.8, 4) is 0 Å². The van der Waals surface area contributed by atoms with Crippen LogP contribution in [-0.4, -0.2) is 40.5 Å². The van der Waals surface area contributed by atoms with Crippen LogP contribution in [0.15, 0.2) is 0 Å². The molecule has 8 heteroatoms. The average Bonchev–Trinajstić information content (AvgIpc) is 2.64. The van der Waals surface area contributed by atoms with Crippen molar-refractivity contribution >= 4 is 20.2 Å². The fourth-order valence-corrected chi connectivity index (χ4v) is 3.08. The predicted molar refractivity (Wildman–Crippen MR) is 62.5 cm³/mol. The Morgan fingerprint density at radius 3 is 1.53 bits per heavy atom. The van der Waals surface area contributed by atoms with Crippen LogP contribution in [0.5, 0.6) is 0 Å². The molecule has 0 aromatic carbocycles. The van der Waals surface area contributed by atoms with Crippen molar-refractivity contribution in [2.75, 3.05) is 11.5 Å². The Kier molecular flexibility index (Phi) is 4.94. The molecule has 0 radical (unpaired) electrons. The summed E-state index contributed by atoms with van der Waals surface area (Å²) in [5.74, 6) is -0.162. The van der Waals surface area contributed by atoms with Gasteiger partial charge in [0.05, 0.1) is 23.7 Å². The molecule has 0 bridgehead atoms. The van der Waals surface area contributed by atoms with Gasteiger partial charge in [-0.2, -0.15) is 16.8 Å². The Balaban J connectivity index is 2.49. The summed E-state index contributed by atoms with van der Waals surface area (Å²) in [5.41, 5.74) is 0. The predicted octanol–water partition coefficient (Wildman–Crippen LogP) is 0.640. The molecule has 0 aromatic rings. The Bertz CT molecular complexity index is 396. The maximum Gasteiger partial charge on any atom is 0.267 e. The first-order valence-electron chi connectivity index (χ1n) is 5.60. The topological polar surface area (TPSA) is 86.7 Å². The molecule has 1 saturated carbocycles. The summed E-state index contributed by atoms with van der Waals surface area (Å²) in [4.78, 5) is 0. The average molecular weight is 286 g/mol. The van der Waals surface area contributed by atoms with Crippen molar-refractivity contribution in [3.63, 3.8) is 0 Å². The molecular weight excluding hydrogens is 268 g/mol.